The Hall–Kier alpha value is -4.61. The molecule has 0 fully saturated rings. The number of aryl methyl sites for hydroxylation is 2. The Labute approximate surface area is 349 Å². The predicted molar refractivity (Wildman–Crippen MR) is 215 cm³/mol. The molecule has 0 aliphatic heterocycles. The summed E-state index contributed by atoms with van der Waals surface area (Å²) in [6.07, 6.45) is -1.25. The first-order chi connectivity index (χ1) is 28.9. The molecule has 0 saturated carbocycles. The third-order valence-electron chi connectivity index (χ3n) is 7.97. The molecule has 0 radical (unpaired) electrons. The monoisotopic (exact) mass is 851 g/mol. The van der Waals surface area contributed by atoms with Gasteiger partial charge in [0.05, 0.1) is 55.7 Å². The zero-order chi connectivity index (χ0) is 44.6. The first-order valence-electron chi connectivity index (χ1n) is 18.1. The number of carbonyl (C=O) groups is 2. The number of rotatable bonds is 22. The van der Waals surface area contributed by atoms with E-state index >= 15 is 0 Å². The van der Waals surface area contributed by atoms with Gasteiger partial charge in [0.25, 0.3) is 13.0 Å². The molecule has 0 saturated heterocycles. The van der Waals surface area contributed by atoms with E-state index in [9.17, 15) is 14.7 Å². The third-order valence-corrected chi connectivity index (χ3v) is 7.97. The number of nitrogens with zero attached hydrogens (tertiary/aromatic N) is 1. The number of ether oxygens (including phenoxy) is 11. The van der Waals surface area contributed by atoms with Crippen molar-refractivity contribution in [1.82, 2.24) is 4.98 Å². The molecule has 4 aromatic rings. The number of benzene rings is 3. The Morgan fingerprint density at radius 3 is 1.37 bits per heavy atom. The van der Waals surface area contributed by atoms with Crippen LogP contribution < -0.4 is 14.5 Å². The summed E-state index contributed by atoms with van der Waals surface area (Å²) in [5, 5.41) is 10.3. The number of carbonyl (C=O) groups excluding carboxylic acids is 2. The molecule has 0 aliphatic carbocycles. The molecule has 3 aromatic carbocycles. The molecule has 0 amide bonds. The number of hydrogen-bond acceptors (Lipinski definition) is 19. The third kappa shape index (κ3) is 15.8. The minimum Gasteiger partial charge on any atom is -0.465 e. The first kappa shape index (κ1) is 51.5. The fourth-order valence-corrected chi connectivity index (χ4v) is 5.31. The number of pyridine rings is 1. The Kier molecular flexibility index (Phi) is 24.1. The lowest BCUT2D eigenvalue weighted by atomic mass is 10.0. The van der Waals surface area contributed by atoms with Gasteiger partial charge in [-0.25, -0.2) is 14.6 Å². The maximum Gasteiger partial charge on any atom is 0.344 e. The average Bonchev–Trinajstić information content (AvgIpc) is 3.26. The molecule has 19 heteroatoms. The van der Waals surface area contributed by atoms with Crippen molar-refractivity contribution in [1.29, 1.82) is 0 Å². The highest BCUT2D eigenvalue weighted by atomic mass is 17.2. The van der Waals surface area contributed by atoms with Crippen molar-refractivity contribution in [3.05, 3.63) is 70.8 Å². The Morgan fingerprint density at radius 2 is 1.00 bits per heavy atom. The summed E-state index contributed by atoms with van der Waals surface area (Å²) in [5.41, 5.74) is 2.56. The van der Waals surface area contributed by atoms with Crippen LogP contribution >= 0.6 is 0 Å². The molecule has 0 bridgehead atoms. The van der Waals surface area contributed by atoms with Crippen LogP contribution in [-0.4, -0.2) is 145 Å². The van der Waals surface area contributed by atoms with Crippen molar-refractivity contribution in [3.63, 3.8) is 0 Å². The number of aliphatic hydroxyl groups excluding tert-OH is 1. The van der Waals surface area contributed by atoms with Gasteiger partial charge in [0.2, 0.25) is 0 Å². The van der Waals surface area contributed by atoms with E-state index in [-0.39, 0.29) is 49.2 Å². The van der Waals surface area contributed by atoms with Crippen LogP contribution in [0.25, 0.3) is 21.8 Å². The standard InChI is InChI=1S/C33H37NO12.2C4H10O3/c1-19-11-21(32(36)41-6)12-20(2)31(19)42-33(37)30-26-13-22(43-45-24(15-35)16-38-3)7-9-28(26)34-29-10-8-23(14-27(29)30)44-46-25(17-39-4)18-40-5;2*1-5-4(6-2)7-3/h7-14,24-25,35H,15-18H2,1-6H3;2*4H,1-3H3. The van der Waals surface area contributed by atoms with Crippen LogP contribution in [0.5, 0.6) is 17.2 Å². The van der Waals surface area contributed by atoms with Crippen molar-refractivity contribution >= 4 is 33.7 Å². The van der Waals surface area contributed by atoms with Crippen LogP contribution in [0.1, 0.15) is 31.8 Å². The normalized spacial score (nSPS) is 11.6. The smallest absolute Gasteiger partial charge is 0.344 e. The molecule has 60 heavy (non-hydrogen) atoms. The van der Waals surface area contributed by atoms with Crippen molar-refractivity contribution < 1.29 is 86.4 Å². The molecule has 4 rings (SSSR count). The summed E-state index contributed by atoms with van der Waals surface area (Å²) >= 11 is 0. The quantitative estimate of drug-likeness (QED) is 0.0284. The van der Waals surface area contributed by atoms with Gasteiger partial charge in [-0.1, -0.05) is 0 Å². The van der Waals surface area contributed by atoms with Gasteiger partial charge in [0, 0.05) is 74.8 Å². The highest BCUT2D eigenvalue weighted by Gasteiger charge is 2.23. The van der Waals surface area contributed by atoms with E-state index in [0.717, 1.165) is 0 Å². The molecule has 0 spiro atoms. The zero-order valence-electron chi connectivity index (χ0n) is 36.1. The van der Waals surface area contributed by atoms with Crippen molar-refractivity contribution in [2.75, 3.05) is 97.5 Å². The van der Waals surface area contributed by atoms with Crippen LogP contribution in [0, 0.1) is 13.8 Å². The van der Waals surface area contributed by atoms with E-state index in [2.05, 4.69) is 28.4 Å². The van der Waals surface area contributed by atoms with Crippen molar-refractivity contribution in [2.45, 2.75) is 39.0 Å². The highest BCUT2D eigenvalue weighted by molar-refractivity contribution is 6.15. The Bertz CT molecular complexity index is 1830. The lowest BCUT2D eigenvalue weighted by Gasteiger charge is -2.17. The predicted octanol–water partition coefficient (Wildman–Crippen LogP) is 4.72. The summed E-state index contributed by atoms with van der Waals surface area (Å²) in [4.78, 5) is 52.9. The van der Waals surface area contributed by atoms with Gasteiger partial charge < -0.3 is 67.0 Å². The lowest BCUT2D eigenvalue weighted by Crippen LogP contribution is -2.26. The van der Waals surface area contributed by atoms with Gasteiger partial charge in [-0.05, 0) is 73.5 Å². The van der Waals surface area contributed by atoms with E-state index in [1.807, 2.05) is 0 Å². The van der Waals surface area contributed by atoms with E-state index in [1.165, 1.54) is 71.1 Å². The molecule has 0 aliphatic rings. The fourth-order valence-electron chi connectivity index (χ4n) is 5.31. The lowest BCUT2D eigenvalue weighted by molar-refractivity contribution is -0.262. The van der Waals surface area contributed by atoms with Crippen LogP contribution in [0.3, 0.4) is 0 Å². The van der Waals surface area contributed by atoms with Crippen LogP contribution in [-0.2, 0) is 57.1 Å². The Morgan fingerprint density at radius 1 is 0.583 bits per heavy atom. The van der Waals surface area contributed by atoms with Gasteiger partial charge in [-0.15, -0.1) is 0 Å². The summed E-state index contributed by atoms with van der Waals surface area (Å²) < 4.78 is 53.8. The molecule has 1 N–H and O–H groups in total. The number of hydrogen-bond donors (Lipinski definition) is 1. The molecule has 1 aromatic heterocycles. The number of aliphatic hydroxyl groups is 1. The fraction of sp³-hybridized carbons (Fsp3) is 0.488. The van der Waals surface area contributed by atoms with E-state index in [0.29, 0.717) is 38.5 Å². The van der Waals surface area contributed by atoms with Gasteiger partial charge in [0.15, 0.2) is 23.7 Å². The summed E-state index contributed by atoms with van der Waals surface area (Å²) in [6.45, 7) is 2.65. The minimum absolute atomic E-state index is 0.0990. The summed E-state index contributed by atoms with van der Waals surface area (Å²) in [5.74, 6) is -0.392. The second kappa shape index (κ2) is 28.0. The van der Waals surface area contributed by atoms with Crippen molar-refractivity contribution in [3.8, 4) is 17.2 Å². The topological polar surface area (TPSA) is 206 Å². The van der Waals surface area contributed by atoms with Crippen LogP contribution in [0.4, 0.5) is 0 Å². The molecule has 1 unspecified atom stereocenters. The number of aromatic nitrogens is 1. The van der Waals surface area contributed by atoms with Crippen LogP contribution in [0.15, 0.2) is 48.5 Å². The molecular weight excluding hydrogens is 794 g/mol. The average molecular weight is 852 g/mol. The molecule has 19 nitrogen and oxygen atoms in total. The first-order valence-corrected chi connectivity index (χ1v) is 18.1. The largest absolute Gasteiger partial charge is 0.465 e. The number of methoxy groups -OCH3 is 10. The van der Waals surface area contributed by atoms with Crippen LogP contribution in [0.2, 0.25) is 0 Å². The minimum atomic E-state index is -0.737. The van der Waals surface area contributed by atoms with Gasteiger partial charge in [-0.3, -0.25) is 0 Å². The molecular formula is C41H57NO18. The number of esters is 2. The highest BCUT2D eigenvalue weighted by Crippen LogP contribution is 2.34. The maximum atomic E-state index is 14.1. The van der Waals surface area contributed by atoms with Gasteiger partial charge in [0.1, 0.15) is 5.75 Å². The zero-order valence-corrected chi connectivity index (χ0v) is 36.1. The molecule has 334 valence electrons. The molecule has 1 atom stereocenters. The SMILES string of the molecule is COC(OC)OC.COC(OC)OC.COCC(CO)OOc1ccc2nc3ccc(OOC(COC)COC)cc3c(C(=O)Oc3c(C)cc(C(=O)OC)cc3C)c2c1. The Balaban J connectivity index is 0.000000758. The number of fused-ring (bicyclic) bond motifs is 2. The van der Waals surface area contributed by atoms with E-state index < -0.39 is 37.1 Å². The second-order valence-electron chi connectivity index (χ2n) is 12.3. The van der Waals surface area contributed by atoms with Crippen molar-refractivity contribution in [2.24, 2.45) is 0 Å². The summed E-state index contributed by atoms with van der Waals surface area (Å²) in [7, 11) is 14.9. The van der Waals surface area contributed by atoms with E-state index in [4.69, 9.17) is 48.2 Å². The second-order valence-corrected chi connectivity index (χ2v) is 12.3. The van der Waals surface area contributed by atoms with E-state index in [1.54, 1.807) is 62.4 Å². The molecule has 1 heterocycles. The van der Waals surface area contributed by atoms with Gasteiger partial charge in [-0.2, -0.15) is 9.78 Å². The van der Waals surface area contributed by atoms with Gasteiger partial charge >= 0.3 is 11.9 Å². The maximum absolute atomic E-state index is 14.1. The summed E-state index contributed by atoms with van der Waals surface area (Å²) in [6, 6.07) is 13.0.